The quantitative estimate of drug-likeness (QED) is 0.336. The molecule has 4 aromatic carbocycles. The SMILES string of the molecule is Cc1cccc(Oc2ccc(C(C)(C)c3ccc(Oc4cccc(N)c4)cc3)cc2)c1. The largest absolute Gasteiger partial charge is 0.457 e. The second kappa shape index (κ2) is 8.57. The van der Waals surface area contributed by atoms with Gasteiger partial charge in [0.2, 0.25) is 0 Å². The van der Waals surface area contributed by atoms with Crippen molar-refractivity contribution in [3.05, 3.63) is 114 Å². The van der Waals surface area contributed by atoms with Gasteiger partial charge in [-0.2, -0.15) is 0 Å². The fourth-order valence-corrected chi connectivity index (χ4v) is 3.57. The van der Waals surface area contributed by atoms with Crippen LogP contribution in [0, 0.1) is 6.92 Å². The topological polar surface area (TPSA) is 44.5 Å². The van der Waals surface area contributed by atoms with E-state index in [1.54, 1.807) is 0 Å². The van der Waals surface area contributed by atoms with E-state index in [1.165, 1.54) is 16.7 Å². The van der Waals surface area contributed by atoms with Gasteiger partial charge in [-0.3, -0.25) is 0 Å². The Kier molecular flexibility index (Phi) is 5.68. The normalized spacial score (nSPS) is 11.2. The van der Waals surface area contributed by atoms with Gasteiger partial charge >= 0.3 is 0 Å². The zero-order valence-corrected chi connectivity index (χ0v) is 18.1. The van der Waals surface area contributed by atoms with Gasteiger partial charge < -0.3 is 15.2 Å². The van der Waals surface area contributed by atoms with E-state index in [0.717, 1.165) is 23.0 Å². The third-order valence-electron chi connectivity index (χ3n) is 5.47. The number of ether oxygens (including phenoxy) is 2. The highest BCUT2D eigenvalue weighted by Gasteiger charge is 2.23. The highest BCUT2D eigenvalue weighted by Crippen LogP contribution is 2.34. The van der Waals surface area contributed by atoms with Crippen molar-refractivity contribution in [1.82, 2.24) is 0 Å². The van der Waals surface area contributed by atoms with Crippen molar-refractivity contribution >= 4 is 5.69 Å². The Bertz CT molecular complexity index is 1070. The summed E-state index contributed by atoms with van der Waals surface area (Å²) in [4.78, 5) is 0. The maximum Gasteiger partial charge on any atom is 0.129 e. The number of aryl methyl sites for hydroxylation is 1. The van der Waals surface area contributed by atoms with Crippen molar-refractivity contribution in [3.8, 4) is 23.0 Å². The Hall–Kier alpha value is -3.72. The van der Waals surface area contributed by atoms with Gasteiger partial charge in [0.05, 0.1) is 0 Å². The van der Waals surface area contributed by atoms with Gasteiger partial charge in [-0.15, -0.1) is 0 Å². The van der Waals surface area contributed by atoms with Crippen LogP contribution in [0.15, 0.2) is 97.1 Å². The third kappa shape index (κ3) is 4.89. The molecule has 0 fully saturated rings. The lowest BCUT2D eigenvalue weighted by atomic mass is 9.78. The summed E-state index contributed by atoms with van der Waals surface area (Å²) >= 11 is 0. The summed E-state index contributed by atoms with van der Waals surface area (Å²) < 4.78 is 11.9. The number of nitrogens with two attached hydrogens (primary N) is 1. The summed E-state index contributed by atoms with van der Waals surface area (Å²) in [5, 5.41) is 0. The van der Waals surface area contributed by atoms with Crippen LogP contribution in [-0.4, -0.2) is 0 Å². The molecule has 4 aromatic rings. The first kappa shape index (κ1) is 20.5. The number of rotatable bonds is 6. The van der Waals surface area contributed by atoms with E-state index in [1.807, 2.05) is 66.7 Å². The fraction of sp³-hybridized carbons (Fsp3) is 0.143. The molecule has 0 saturated carbocycles. The minimum absolute atomic E-state index is 0.155. The molecule has 4 rings (SSSR count). The lowest BCUT2D eigenvalue weighted by Crippen LogP contribution is -2.18. The number of nitrogen functional groups attached to an aromatic ring is 1. The molecule has 3 nitrogen and oxygen atoms in total. The third-order valence-corrected chi connectivity index (χ3v) is 5.47. The lowest BCUT2D eigenvalue weighted by Gasteiger charge is -2.26. The van der Waals surface area contributed by atoms with Crippen LogP contribution in [0.25, 0.3) is 0 Å². The molecule has 0 aliphatic heterocycles. The highest BCUT2D eigenvalue weighted by atomic mass is 16.5. The van der Waals surface area contributed by atoms with Crippen LogP contribution >= 0.6 is 0 Å². The van der Waals surface area contributed by atoms with Crippen LogP contribution in [0.1, 0.15) is 30.5 Å². The molecule has 0 aliphatic carbocycles. The smallest absolute Gasteiger partial charge is 0.129 e. The van der Waals surface area contributed by atoms with E-state index in [-0.39, 0.29) is 5.41 Å². The van der Waals surface area contributed by atoms with Crippen LogP contribution in [0.5, 0.6) is 23.0 Å². The monoisotopic (exact) mass is 409 g/mol. The van der Waals surface area contributed by atoms with E-state index in [0.29, 0.717) is 5.69 Å². The standard InChI is InChI=1S/C28H27NO2/c1-20-6-4-8-26(18-20)30-24-14-10-21(11-15-24)28(2,3)22-12-16-25(17-13-22)31-27-9-5-7-23(29)19-27/h4-19H,29H2,1-3H3. The summed E-state index contributed by atoms with van der Waals surface area (Å²) in [7, 11) is 0. The van der Waals surface area contributed by atoms with Gasteiger partial charge in [0.25, 0.3) is 0 Å². The van der Waals surface area contributed by atoms with Crippen molar-refractivity contribution in [2.24, 2.45) is 0 Å². The van der Waals surface area contributed by atoms with Crippen LogP contribution in [0.2, 0.25) is 0 Å². The minimum atomic E-state index is -0.155. The van der Waals surface area contributed by atoms with Crippen molar-refractivity contribution in [2.75, 3.05) is 5.73 Å². The van der Waals surface area contributed by atoms with Crippen LogP contribution in [-0.2, 0) is 5.41 Å². The van der Waals surface area contributed by atoms with E-state index in [9.17, 15) is 0 Å². The molecule has 0 bridgehead atoms. The minimum Gasteiger partial charge on any atom is -0.457 e. The van der Waals surface area contributed by atoms with Crippen molar-refractivity contribution in [3.63, 3.8) is 0 Å². The van der Waals surface area contributed by atoms with Crippen LogP contribution in [0.4, 0.5) is 5.69 Å². The Balaban J connectivity index is 1.48. The van der Waals surface area contributed by atoms with E-state index >= 15 is 0 Å². The molecule has 0 heterocycles. The first-order valence-corrected chi connectivity index (χ1v) is 10.4. The lowest BCUT2D eigenvalue weighted by molar-refractivity contribution is 0.481. The Morgan fingerprint density at radius 2 is 1.06 bits per heavy atom. The molecule has 156 valence electrons. The predicted molar refractivity (Wildman–Crippen MR) is 127 cm³/mol. The van der Waals surface area contributed by atoms with Gasteiger partial charge in [0.15, 0.2) is 0 Å². The maximum atomic E-state index is 5.99. The second-order valence-corrected chi connectivity index (χ2v) is 8.27. The zero-order chi connectivity index (χ0) is 21.8. The molecule has 0 aromatic heterocycles. The van der Waals surface area contributed by atoms with E-state index < -0.39 is 0 Å². The molecule has 0 aliphatic rings. The number of benzene rings is 4. The summed E-state index contributed by atoms with van der Waals surface area (Å²) in [6, 6.07) is 32.0. The van der Waals surface area contributed by atoms with Gasteiger partial charge in [-0.25, -0.2) is 0 Å². The molecular weight excluding hydrogens is 382 g/mol. The molecule has 2 N–H and O–H groups in total. The molecule has 3 heteroatoms. The number of anilines is 1. The highest BCUT2D eigenvalue weighted by molar-refractivity contribution is 5.46. The van der Waals surface area contributed by atoms with E-state index in [2.05, 4.69) is 51.1 Å². The van der Waals surface area contributed by atoms with E-state index in [4.69, 9.17) is 15.2 Å². The molecule has 0 radical (unpaired) electrons. The Morgan fingerprint density at radius 3 is 1.55 bits per heavy atom. The van der Waals surface area contributed by atoms with Gasteiger partial charge in [0.1, 0.15) is 23.0 Å². The van der Waals surface area contributed by atoms with Crippen molar-refractivity contribution in [1.29, 1.82) is 0 Å². The zero-order valence-electron chi connectivity index (χ0n) is 18.1. The average Bonchev–Trinajstić information content (AvgIpc) is 2.75. The van der Waals surface area contributed by atoms with Crippen LogP contribution < -0.4 is 15.2 Å². The molecular formula is C28H27NO2. The number of hydrogen-bond acceptors (Lipinski definition) is 3. The van der Waals surface area contributed by atoms with Crippen LogP contribution in [0.3, 0.4) is 0 Å². The van der Waals surface area contributed by atoms with Crippen molar-refractivity contribution in [2.45, 2.75) is 26.2 Å². The Labute approximate surface area is 184 Å². The molecule has 0 spiro atoms. The first-order valence-electron chi connectivity index (χ1n) is 10.4. The predicted octanol–water partition coefficient (Wildman–Crippen LogP) is 7.49. The summed E-state index contributed by atoms with van der Waals surface area (Å²) in [6.07, 6.45) is 0. The first-order chi connectivity index (χ1) is 14.9. The van der Waals surface area contributed by atoms with Gasteiger partial charge in [-0.1, -0.05) is 56.3 Å². The second-order valence-electron chi connectivity index (χ2n) is 8.27. The van der Waals surface area contributed by atoms with Gasteiger partial charge in [0, 0.05) is 17.2 Å². The molecule has 0 unspecified atom stereocenters. The maximum absolute atomic E-state index is 5.99. The Morgan fingerprint density at radius 1 is 0.581 bits per heavy atom. The summed E-state index contributed by atoms with van der Waals surface area (Å²) in [6.45, 7) is 6.50. The summed E-state index contributed by atoms with van der Waals surface area (Å²) in [5.74, 6) is 3.20. The number of hydrogen-bond donors (Lipinski definition) is 1. The summed E-state index contributed by atoms with van der Waals surface area (Å²) in [5.41, 5.74) is 9.96. The average molecular weight is 410 g/mol. The molecule has 31 heavy (non-hydrogen) atoms. The fourth-order valence-electron chi connectivity index (χ4n) is 3.57. The molecule has 0 amide bonds. The molecule has 0 saturated heterocycles. The van der Waals surface area contributed by atoms with Gasteiger partial charge in [-0.05, 0) is 72.1 Å². The molecule has 0 atom stereocenters. The van der Waals surface area contributed by atoms with Crippen molar-refractivity contribution < 1.29 is 9.47 Å².